The molecule has 0 amide bonds. The summed E-state index contributed by atoms with van der Waals surface area (Å²) in [5.41, 5.74) is 2.94. The number of thioether (sulfide) groups is 1. The van der Waals surface area contributed by atoms with Crippen molar-refractivity contribution in [2.45, 2.75) is 28.9 Å². The number of nitrogens with zero attached hydrogens (tertiary/aromatic N) is 3. The second-order valence-corrected chi connectivity index (χ2v) is 8.06. The van der Waals surface area contributed by atoms with E-state index < -0.39 is 10.7 Å². The molecule has 1 aliphatic carbocycles. The van der Waals surface area contributed by atoms with Gasteiger partial charge in [-0.05, 0) is 49.6 Å². The van der Waals surface area contributed by atoms with Crippen LogP contribution in [0.2, 0.25) is 5.15 Å². The first-order valence-corrected chi connectivity index (χ1v) is 9.32. The smallest absolute Gasteiger partial charge is 0.320 e. The molecule has 3 aromatic heterocycles. The van der Waals surface area contributed by atoms with Crippen LogP contribution < -0.4 is 0 Å². The first-order chi connectivity index (χ1) is 12.6. The number of nitriles is 1. The number of fused-ring (bicyclic) bond motifs is 1. The number of hydrogen-bond acceptors (Lipinski definition) is 4. The van der Waals surface area contributed by atoms with Crippen molar-refractivity contribution in [3.63, 3.8) is 0 Å². The van der Waals surface area contributed by atoms with E-state index in [-0.39, 0.29) is 0 Å². The van der Waals surface area contributed by atoms with Crippen LogP contribution in [-0.4, -0.2) is 25.2 Å². The van der Waals surface area contributed by atoms with Crippen LogP contribution in [0.1, 0.15) is 25.0 Å². The quantitative estimate of drug-likeness (QED) is 0.710. The summed E-state index contributed by atoms with van der Waals surface area (Å²) in [5.74, 6) is -0.771. The predicted octanol–water partition coefficient (Wildman–Crippen LogP) is 4.63. The first kappa shape index (κ1) is 17.0. The highest BCUT2D eigenvalue weighted by Crippen LogP contribution is 2.50. The Balaban J connectivity index is 1.87. The van der Waals surface area contributed by atoms with Crippen LogP contribution in [0.15, 0.2) is 47.6 Å². The molecule has 0 atom stereocenters. The summed E-state index contributed by atoms with van der Waals surface area (Å²) < 4.78 is 0.924. The molecule has 4 rings (SSSR count). The molecule has 0 radical (unpaired) electrons. The molecule has 7 heteroatoms. The van der Waals surface area contributed by atoms with Gasteiger partial charge in [-0.15, -0.1) is 11.8 Å². The van der Waals surface area contributed by atoms with Gasteiger partial charge < -0.3 is 5.11 Å². The van der Waals surface area contributed by atoms with Crippen LogP contribution in [0.3, 0.4) is 0 Å². The van der Waals surface area contributed by atoms with Gasteiger partial charge >= 0.3 is 5.97 Å². The van der Waals surface area contributed by atoms with Gasteiger partial charge in [-0.2, -0.15) is 5.26 Å². The van der Waals surface area contributed by atoms with E-state index in [2.05, 4.69) is 11.1 Å². The lowest BCUT2D eigenvalue weighted by Crippen LogP contribution is -2.41. The van der Waals surface area contributed by atoms with Crippen LogP contribution in [0.4, 0.5) is 0 Å². The van der Waals surface area contributed by atoms with Crippen molar-refractivity contribution in [1.82, 2.24) is 9.38 Å². The minimum absolute atomic E-state index is 0.442. The summed E-state index contributed by atoms with van der Waals surface area (Å²) in [6, 6.07) is 11.2. The Morgan fingerprint density at radius 1 is 1.27 bits per heavy atom. The Bertz CT molecular complexity index is 1070. The Morgan fingerprint density at radius 2 is 2.08 bits per heavy atom. The van der Waals surface area contributed by atoms with Crippen molar-refractivity contribution < 1.29 is 9.90 Å². The average molecular weight is 384 g/mol. The van der Waals surface area contributed by atoms with Gasteiger partial charge in [0.1, 0.15) is 21.7 Å². The molecule has 3 heterocycles. The van der Waals surface area contributed by atoms with E-state index in [4.69, 9.17) is 11.6 Å². The normalized spacial score (nSPS) is 15.4. The molecule has 1 saturated carbocycles. The molecule has 3 aromatic rings. The zero-order chi connectivity index (χ0) is 18.3. The molecule has 1 N–H and O–H groups in total. The zero-order valence-corrected chi connectivity index (χ0v) is 15.2. The summed E-state index contributed by atoms with van der Waals surface area (Å²) >= 11 is 7.63. The zero-order valence-electron chi connectivity index (χ0n) is 13.6. The Labute approximate surface area is 159 Å². The lowest BCUT2D eigenvalue weighted by Gasteiger charge is -2.37. The van der Waals surface area contributed by atoms with Crippen LogP contribution in [-0.2, 0) is 4.79 Å². The van der Waals surface area contributed by atoms with E-state index >= 15 is 0 Å². The van der Waals surface area contributed by atoms with Gasteiger partial charge in [-0.25, -0.2) is 0 Å². The molecule has 0 saturated heterocycles. The Hall–Kier alpha value is -2.49. The van der Waals surface area contributed by atoms with Crippen molar-refractivity contribution in [3.05, 3.63) is 53.6 Å². The monoisotopic (exact) mass is 383 g/mol. The van der Waals surface area contributed by atoms with Crippen molar-refractivity contribution in [2.75, 3.05) is 0 Å². The Kier molecular flexibility index (Phi) is 4.14. The molecular weight excluding hydrogens is 370 g/mol. The number of hydrogen-bond donors (Lipinski definition) is 1. The molecule has 26 heavy (non-hydrogen) atoms. The van der Waals surface area contributed by atoms with E-state index in [9.17, 15) is 15.2 Å². The van der Waals surface area contributed by atoms with Gasteiger partial charge in [0.05, 0.1) is 5.52 Å². The van der Waals surface area contributed by atoms with E-state index in [0.717, 1.165) is 28.0 Å². The molecule has 0 spiro atoms. The third-order valence-electron chi connectivity index (χ3n) is 4.80. The van der Waals surface area contributed by atoms with Gasteiger partial charge in [0, 0.05) is 28.4 Å². The van der Waals surface area contributed by atoms with Crippen molar-refractivity contribution in [3.8, 4) is 17.2 Å². The first-order valence-electron chi connectivity index (χ1n) is 8.12. The van der Waals surface area contributed by atoms with Gasteiger partial charge in [0.15, 0.2) is 0 Å². The molecule has 0 unspecified atom stereocenters. The van der Waals surface area contributed by atoms with Crippen LogP contribution in [0.25, 0.3) is 16.6 Å². The maximum atomic E-state index is 11.8. The molecular formula is C19H14ClN3O2S. The highest BCUT2D eigenvalue weighted by Gasteiger charge is 2.45. The fourth-order valence-corrected chi connectivity index (χ4v) is 4.89. The van der Waals surface area contributed by atoms with Crippen LogP contribution in [0.5, 0.6) is 0 Å². The molecule has 5 nitrogen and oxygen atoms in total. The molecule has 0 aromatic carbocycles. The average Bonchev–Trinajstić information content (AvgIpc) is 3.00. The molecule has 1 fully saturated rings. The van der Waals surface area contributed by atoms with E-state index in [1.165, 1.54) is 11.8 Å². The van der Waals surface area contributed by atoms with Gasteiger partial charge in [-0.1, -0.05) is 11.6 Å². The molecule has 130 valence electrons. The third kappa shape index (κ3) is 2.56. The number of carbonyl (C=O) groups is 1. The number of aliphatic carboxylic acids is 1. The maximum Gasteiger partial charge on any atom is 0.320 e. The van der Waals surface area contributed by atoms with Gasteiger partial charge in [0.2, 0.25) is 0 Å². The number of rotatable bonds is 4. The van der Waals surface area contributed by atoms with Crippen molar-refractivity contribution in [1.29, 1.82) is 5.26 Å². The van der Waals surface area contributed by atoms with E-state index in [0.29, 0.717) is 23.7 Å². The molecule has 0 aliphatic heterocycles. The number of carboxylic acid groups (broad SMARTS) is 1. The largest absolute Gasteiger partial charge is 0.480 e. The van der Waals surface area contributed by atoms with Crippen LogP contribution in [0, 0.1) is 11.3 Å². The minimum atomic E-state index is -0.771. The van der Waals surface area contributed by atoms with Gasteiger partial charge in [0.25, 0.3) is 0 Å². The third-order valence-corrected chi connectivity index (χ3v) is 6.64. The summed E-state index contributed by atoms with van der Waals surface area (Å²) in [7, 11) is 0. The summed E-state index contributed by atoms with van der Waals surface area (Å²) in [6.45, 7) is 0. The van der Waals surface area contributed by atoms with Crippen molar-refractivity contribution >= 4 is 34.8 Å². The van der Waals surface area contributed by atoms with Gasteiger partial charge in [-0.3, -0.25) is 14.2 Å². The second kappa shape index (κ2) is 6.35. The number of carboxylic acids is 1. The summed E-state index contributed by atoms with van der Waals surface area (Å²) in [4.78, 5) is 16.9. The number of aromatic nitrogens is 2. The lowest BCUT2D eigenvalue weighted by molar-refractivity contribution is -0.142. The van der Waals surface area contributed by atoms with Crippen LogP contribution >= 0.6 is 23.4 Å². The van der Waals surface area contributed by atoms with E-state index in [1.54, 1.807) is 28.9 Å². The number of halogens is 1. The highest BCUT2D eigenvalue weighted by atomic mass is 35.5. The second-order valence-electron chi connectivity index (χ2n) is 6.25. The topological polar surface area (TPSA) is 78.4 Å². The summed E-state index contributed by atoms with van der Waals surface area (Å²) in [5, 5.41) is 19.4. The fourth-order valence-electron chi connectivity index (χ4n) is 3.25. The standard InChI is InChI=1S/C19H14ClN3O2S/c20-17-5-4-15-13(3-2-12(10-21)23(15)17)14-11-22-9-6-16(14)26-19(18(24)25)7-1-8-19/h2-6,9,11H,1,7-8H2,(H,24,25). The fraction of sp³-hybridized carbons (Fsp3) is 0.211. The number of pyridine rings is 2. The maximum absolute atomic E-state index is 11.8. The van der Waals surface area contributed by atoms with E-state index in [1.807, 2.05) is 18.2 Å². The van der Waals surface area contributed by atoms with Crippen molar-refractivity contribution in [2.24, 2.45) is 0 Å². The minimum Gasteiger partial charge on any atom is -0.480 e. The lowest BCUT2D eigenvalue weighted by atomic mass is 9.84. The highest BCUT2D eigenvalue weighted by molar-refractivity contribution is 8.01. The SMILES string of the molecule is N#Cc1ccc(-c2cnccc2SC2(C(=O)O)CCC2)c2ccc(Cl)n12. The molecule has 0 bridgehead atoms. The predicted molar refractivity (Wildman–Crippen MR) is 100 cm³/mol. The summed E-state index contributed by atoms with van der Waals surface area (Å²) in [6.07, 6.45) is 5.66. The Morgan fingerprint density at radius 3 is 2.73 bits per heavy atom. The molecule has 1 aliphatic rings.